The molecule has 1 fully saturated rings. The summed E-state index contributed by atoms with van der Waals surface area (Å²) in [6.07, 6.45) is 4.24. The maximum Gasteiger partial charge on any atom is 0.222 e. The van der Waals surface area contributed by atoms with Crippen molar-refractivity contribution in [1.29, 1.82) is 5.26 Å². The van der Waals surface area contributed by atoms with Crippen molar-refractivity contribution in [1.82, 2.24) is 19.7 Å². The lowest BCUT2D eigenvalue weighted by atomic mass is 10.1. The topological polar surface area (TPSA) is 97.9 Å². The fourth-order valence-corrected chi connectivity index (χ4v) is 3.52. The van der Waals surface area contributed by atoms with Crippen molar-refractivity contribution >= 4 is 16.7 Å². The molecule has 4 heterocycles. The van der Waals surface area contributed by atoms with Crippen LogP contribution in [-0.2, 0) is 4.74 Å². The molecule has 1 aliphatic rings. The van der Waals surface area contributed by atoms with Crippen molar-refractivity contribution < 1.29 is 9.47 Å². The number of hydrogen-bond donors (Lipinski definition) is 1. The number of hydrogen-bond acceptors (Lipinski definition) is 7. The van der Waals surface area contributed by atoms with E-state index in [4.69, 9.17) is 14.5 Å². The van der Waals surface area contributed by atoms with E-state index in [0.29, 0.717) is 35.9 Å². The molecule has 150 valence electrons. The molecule has 0 aliphatic carbocycles. The van der Waals surface area contributed by atoms with Gasteiger partial charge in [0.1, 0.15) is 17.1 Å². The Kier molecular flexibility index (Phi) is 5.32. The van der Waals surface area contributed by atoms with Crippen LogP contribution in [0.4, 0.5) is 5.69 Å². The van der Waals surface area contributed by atoms with Crippen molar-refractivity contribution in [3.63, 3.8) is 0 Å². The lowest BCUT2D eigenvalue weighted by molar-refractivity contribution is 0.195. The third-order valence-corrected chi connectivity index (χ3v) is 4.87. The summed E-state index contributed by atoms with van der Waals surface area (Å²) in [7, 11) is 0. The summed E-state index contributed by atoms with van der Waals surface area (Å²) in [5, 5.41) is 17.5. The first kappa shape index (κ1) is 19.2. The molecule has 0 amide bonds. The molecule has 1 N–H and O–H groups in total. The number of pyridine rings is 2. The summed E-state index contributed by atoms with van der Waals surface area (Å²) >= 11 is 0. The van der Waals surface area contributed by atoms with Crippen LogP contribution >= 0.6 is 0 Å². The Balaban J connectivity index is 1.89. The Hall–Kier alpha value is -3.18. The number of fused-ring (bicyclic) bond motifs is 1. The predicted molar refractivity (Wildman–Crippen MR) is 110 cm³/mol. The van der Waals surface area contributed by atoms with Gasteiger partial charge in [-0.2, -0.15) is 10.4 Å². The molecule has 0 unspecified atom stereocenters. The number of ether oxygens (including phenoxy) is 2. The molecule has 3 aromatic heterocycles. The predicted octanol–water partition coefficient (Wildman–Crippen LogP) is 3.55. The number of aromatic nitrogens is 4. The van der Waals surface area contributed by atoms with Gasteiger partial charge in [-0.25, -0.2) is 9.97 Å². The SMILES string of the molecule is CCOc1ncc(C#N)cc1-c1cc(N[C@@H]2CCOC2)c2c(cnn2C(C)C)n1. The Morgan fingerprint density at radius 3 is 2.93 bits per heavy atom. The van der Waals surface area contributed by atoms with Crippen molar-refractivity contribution in [3.05, 3.63) is 30.1 Å². The van der Waals surface area contributed by atoms with Gasteiger partial charge in [0.25, 0.3) is 0 Å². The highest BCUT2D eigenvalue weighted by Crippen LogP contribution is 2.34. The molecular formula is C21H24N6O2. The summed E-state index contributed by atoms with van der Waals surface area (Å²) in [5.41, 5.74) is 4.52. The molecule has 0 bridgehead atoms. The second-order valence-electron chi connectivity index (χ2n) is 7.30. The number of nitrogens with zero attached hydrogens (tertiary/aromatic N) is 5. The molecule has 4 rings (SSSR count). The average molecular weight is 392 g/mol. The van der Waals surface area contributed by atoms with Crippen LogP contribution in [0.15, 0.2) is 24.5 Å². The van der Waals surface area contributed by atoms with Gasteiger partial charge in [-0.15, -0.1) is 0 Å². The van der Waals surface area contributed by atoms with Gasteiger partial charge >= 0.3 is 0 Å². The molecule has 1 atom stereocenters. The van der Waals surface area contributed by atoms with Gasteiger partial charge in [-0.1, -0.05) is 0 Å². The summed E-state index contributed by atoms with van der Waals surface area (Å²) in [6, 6.07) is 6.33. The zero-order valence-corrected chi connectivity index (χ0v) is 16.8. The number of nitrogens with one attached hydrogen (secondary N) is 1. The van der Waals surface area contributed by atoms with Crippen molar-refractivity contribution in [3.8, 4) is 23.2 Å². The first-order valence-electron chi connectivity index (χ1n) is 9.86. The first-order chi connectivity index (χ1) is 14.1. The van der Waals surface area contributed by atoms with Crippen molar-refractivity contribution in [2.24, 2.45) is 0 Å². The summed E-state index contributed by atoms with van der Waals surface area (Å²) in [6.45, 7) is 7.99. The van der Waals surface area contributed by atoms with Crippen LogP contribution < -0.4 is 10.1 Å². The Morgan fingerprint density at radius 1 is 1.38 bits per heavy atom. The molecule has 0 spiro atoms. The fourth-order valence-electron chi connectivity index (χ4n) is 3.52. The van der Waals surface area contributed by atoms with Crippen LogP contribution in [0.3, 0.4) is 0 Å². The molecule has 0 radical (unpaired) electrons. The van der Waals surface area contributed by atoms with E-state index in [9.17, 15) is 5.26 Å². The first-order valence-corrected chi connectivity index (χ1v) is 9.86. The van der Waals surface area contributed by atoms with Gasteiger partial charge < -0.3 is 14.8 Å². The molecule has 1 aliphatic heterocycles. The lowest BCUT2D eigenvalue weighted by Gasteiger charge is -2.17. The fraction of sp³-hybridized carbons (Fsp3) is 0.429. The molecule has 0 saturated carbocycles. The van der Waals surface area contributed by atoms with Crippen molar-refractivity contribution in [2.45, 2.75) is 39.3 Å². The zero-order valence-electron chi connectivity index (χ0n) is 16.8. The highest BCUT2D eigenvalue weighted by Gasteiger charge is 2.21. The van der Waals surface area contributed by atoms with Crippen LogP contribution in [0.5, 0.6) is 5.88 Å². The van der Waals surface area contributed by atoms with Crippen LogP contribution in [-0.4, -0.2) is 45.6 Å². The molecule has 8 heteroatoms. The van der Waals surface area contributed by atoms with Crippen molar-refractivity contribution in [2.75, 3.05) is 25.1 Å². The van der Waals surface area contributed by atoms with E-state index in [1.807, 2.05) is 17.7 Å². The van der Waals surface area contributed by atoms with Crippen LogP contribution in [0.2, 0.25) is 0 Å². The average Bonchev–Trinajstić information content (AvgIpc) is 3.38. The molecule has 0 aromatic carbocycles. The second-order valence-corrected chi connectivity index (χ2v) is 7.30. The standard InChI is InChI=1S/C21H24N6O2/c1-4-29-21-16(7-14(9-22)10-23-21)17-8-18(25-15-5-6-28-12-15)20-19(26-17)11-24-27(20)13(2)3/h7-8,10-11,13,15H,4-6,12H2,1-3H3,(H,25,26)/t15-/m1/s1. The maximum atomic E-state index is 9.32. The largest absolute Gasteiger partial charge is 0.477 e. The summed E-state index contributed by atoms with van der Waals surface area (Å²) in [4.78, 5) is 9.13. The van der Waals surface area contributed by atoms with Crippen LogP contribution in [0.25, 0.3) is 22.3 Å². The Labute approximate surface area is 169 Å². The van der Waals surface area contributed by atoms with Gasteiger partial charge in [0.15, 0.2) is 0 Å². The highest BCUT2D eigenvalue weighted by molar-refractivity contribution is 5.91. The minimum atomic E-state index is 0.197. The minimum Gasteiger partial charge on any atom is -0.477 e. The molecule has 29 heavy (non-hydrogen) atoms. The van der Waals surface area contributed by atoms with Crippen LogP contribution in [0, 0.1) is 11.3 Å². The normalized spacial score (nSPS) is 16.3. The summed E-state index contributed by atoms with van der Waals surface area (Å²) < 4.78 is 13.2. The Morgan fingerprint density at radius 2 is 2.24 bits per heavy atom. The quantitative estimate of drug-likeness (QED) is 0.685. The lowest BCUT2D eigenvalue weighted by Crippen LogP contribution is -2.20. The van der Waals surface area contributed by atoms with E-state index in [1.165, 1.54) is 6.20 Å². The third kappa shape index (κ3) is 3.74. The second kappa shape index (κ2) is 8.05. The van der Waals surface area contributed by atoms with Crippen LogP contribution in [0.1, 0.15) is 38.8 Å². The maximum absolute atomic E-state index is 9.32. The van der Waals surface area contributed by atoms with Gasteiger partial charge in [-0.05, 0) is 39.3 Å². The van der Waals surface area contributed by atoms with Gasteiger partial charge in [0, 0.05) is 18.8 Å². The van der Waals surface area contributed by atoms with E-state index in [1.54, 1.807) is 12.3 Å². The van der Waals surface area contributed by atoms with E-state index >= 15 is 0 Å². The van der Waals surface area contributed by atoms with E-state index in [2.05, 4.69) is 35.3 Å². The van der Waals surface area contributed by atoms with Gasteiger partial charge in [-0.3, -0.25) is 4.68 Å². The molecular weight excluding hydrogens is 368 g/mol. The van der Waals surface area contributed by atoms with Gasteiger partial charge in [0.2, 0.25) is 5.88 Å². The van der Waals surface area contributed by atoms with E-state index < -0.39 is 0 Å². The number of anilines is 1. The minimum absolute atomic E-state index is 0.197. The number of rotatable bonds is 6. The monoisotopic (exact) mass is 392 g/mol. The zero-order chi connectivity index (χ0) is 20.4. The van der Waals surface area contributed by atoms with Gasteiger partial charge in [0.05, 0.1) is 48.0 Å². The highest BCUT2D eigenvalue weighted by atomic mass is 16.5. The smallest absolute Gasteiger partial charge is 0.222 e. The van der Waals surface area contributed by atoms with E-state index in [0.717, 1.165) is 29.7 Å². The molecule has 1 saturated heterocycles. The third-order valence-electron chi connectivity index (χ3n) is 4.87. The van der Waals surface area contributed by atoms with E-state index in [-0.39, 0.29) is 12.1 Å². The summed E-state index contributed by atoms with van der Waals surface area (Å²) in [5.74, 6) is 0.463. The Bertz CT molecular complexity index is 1060. The molecule has 8 nitrogen and oxygen atoms in total. The number of nitriles is 1. The molecule has 3 aromatic rings.